The fraction of sp³-hybridized carbons (Fsp3) is 0.929. The van der Waals surface area contributed by atoms with Crippen molar-refractivity contribution in [3.8, 4) is 0 Å². The number of amides is 1. The molecule has 2 fully saturated rings. The summed E-state index contributed by atoms with van der Waals surface area (Å²) in [5.74, 6) is 0.665. The molecule has 0 aromatic heterocycles. The Kier molecular flexibility index (Phi) is 4.08. The summed E-state index contributed by atoms with van der Waals surface area (Å²) >= 11 is 0. The highest BCUT2D eigenvalue weighted by Gasteiger charge is 2.41. The lowest BCUT2D eigenvalue weighted by Gasteiger charge is -2.48. The van der Waals surface area contributed by atoms with Crippen molar-refractivity contribution >= 4 is 5.91 Å². The second kappa shape index (κ2) is 5.38. The summed E-state index contributed by atoms with van der Waals surface area (Å²) in [6, 6.07) is 0. The van der Waals surface area contributed by atoms with Crippen LogP contribution in [-0.2, 0) is 4.79 Å². The Morgan fingerprint density at radius 2 is 1.71 bits per heavy atom. The van der Waals surface area contributed by atoms with E-state index in [1.165, 1.54) is 32.1 Å². The van der Waals surface area contributed by atoms with Crippen LogP contribution in [0.15, 0.2) is 0 Å². The Morgan fingerprint density at radius 1 is 1.18 bits per heavy atom. The third kappa shape index (κ3) is 3.01. The Balaban J connectivity index is 1.83. The zero-order chi connectivity index (χ0) is 12.3. The Morgan fingerprint density at radius 3 is 2.24 bits per heavy atom. The summed E-state index contributed by atoms with van der Waals surface area (Å²) in [6.45, 7) is 3.66. The van der Waals surface area contributed by atoms with E-state index >= 15 is 0 Å². The molecule has 1 aliphatic heterocycles. The van der Waals surface area contributed by atoms with Gasteiger partial charge in [0.1, 0.15) is 0 Å². The molecule has 0 aromatic rings. The van der Waals surface area contributed by atoms with Crippen LogP contribution >= 0.6 is 0 Å². The molecule has 1 amide bonds. The van der Waals surface area contributed by atoms with Gasteiger partial charge in [-0.05, 0) is 19.3 Å². The Labute approximate surface area is 105 Å². The highest BCUT2D eigenvalue weighted by atomic mass is 16.2. The van der Waals surface area contributed by atoms with E-state index in [1.807, 2.05) is 4.90 Å². The number of likely N-dealkylation sites (tertiary alicyclic amines) is 1. The van der Waals surface area contributed by atoms with Crippen LogP contribution in [0.25, 0.3) is 0 Å². The van der Waals surface area contributed by atoms with Crippen LogP contribution in [0.1, 0.15) is 58.3 Å². The van der Waals surface area contributed by atoms with Gasteiger partial charge in [-0.15, -0.1) is 0 Å². The molecule has 1 aliphatic carbocycles. The molecule has 0 bridgehead atoms. The van der Waals surface area contributed by atoms with Crippen LogP contribution in [0.3, 0.4) is 0 Å². The van der Waals surface area contributed by atoms with E-state index < -0.39 is 0 Å². The lowest BCUT2D eigenvalue weighted by atomic mass is 9.84. The van der Waals surface area contributed by atoms with Gasteiger partial charge in [0.15, 0.2) is 0 Å². The van der Waals surface area contributed by atoms with E-state index in [4.69, 9.17) is 5.73 Å². The molecule has 17 heavy (non-hydrogen) atoms. The van der Waals surface area contributed by atoms with Crippen LogP contribution in [0.4, 0.5) is 0 Å². The highest BCUT2D eigenvalue weighted by Crippen LogP contribution is 2.28. The fourth-order valence-corrected chi connectivity index (χ4v) is 3.05. The molecule has 0 spiro atoms. The van der Waals surface area contributed by atoms with Gasteiger partial charge in [0.25, 0.3) is 0 Å². The lowest BCUT2D eigenvalue weighted by molar-refractivity contribution is -0.144. The van der Waals surface area contributed by atoms with Gasteiger partial charge < -0.3 is 10.6 Å². The summed E-state index contributed by atoms with van der Waals surface area (Å²) < 4.78 is 0. The third-order valence-corrected chi connectivity index (χ3v) is 4.48. The molecule has 0 atom stereocenters. The standard InChI is InChI=1S/C14H26N2O/c1-2-14(15)10-16(11-14)13(17)12-8-6-4-3-5-7-9-12/h12H,2-11,15H2,1H3. The first-order valence-corrected chi connectivity index (χ1v) is 7.22. The first-order chi connectivity index (χ1) is 8.14. The summed E-state index contributed by atoms with van der Waals surface area (Å²) in [5, 5.41) is 0. The number of carbonyl (C=O) groups is 1. The van der Waals surface area contributed by atoms with Crippen molar-refractivity contribution in [2.24, 2.45) is 11.7 Å². The van der Waals surface area contributed by atoms with Crippen molar-refractivity contribution in [3.05, 3.63) is 0 Å². The van der Waals surface area contributed by atoms with Gasteiger partial charge in [-0.25, -0.2) is 0 Å². The average Bonchev–Trinajstić information content (AvgIpc) is 2.23. The molecule has 1 saturated carbocycles. The first-order valence-electron chi connectivity index (χ1n) is 7.22. The van der Waals surface area contributed by atoms with Crippen molar-refractivity contribution in [2.45, 2.75) is 63.8 Å². The van der Waals surface area contributed by atoms with Gasteiger partial charge in [-0.3, -0.25) is 4.79 Å². The van der Waals surface area contributed by atoms with E-state index in [1.54, 1.807) is 0 Å². The molecular formula is C14H26N2O. The fourth-order valence-electron chi connectivity index (χ4n) is 3.05. The number of nitrogens with zero attached hydrogens (tertiary/aromatic N) is 1. The minimum absolute atomic E-state index is 0.0860. The normalized spacial score (nSPS) is 25.9. The Hall–Kier alpha value is -0.570. The van der Waals surface area contributed by atoms with Crippen LogP contribution in [0, 0.1) is 5.92 Å². The summed E-state index contributed by atoms with van der Waals surface area (Å²) in [5.41, 5.74) is 6.04. The van der Waals surface area contributed by atoms with Crippen molar-refractivity contribution in [3.63, 3.8) is 0 Å². The third-order valence-electron chi connectivity index (χ3n) is 4.48. The smallest absolute Gasteiger partial charge is 0.225 e. The molecule has 3 heteroatoms. The predicted octanol–water partition coefficient (Wildman–Crippen LogP) is 2.30. The number of nitrogens with two attached hydrogens (primary N) is 1. The minimum Gasteiger partial charge on any atom is -0.339 e. The van der Waals surface area contributed by atoms with Crippen molar-refractivity contribution in [1.29, 1.82) is 0 Å². The number of hydrogen-bond donors (Lipinski definition) is 1. The molecule has 1 heterocycles. The number of hydrogen-bond acceptors (Lipinski definition) is 2. The molecular weight excluding hydrogens is 212 g/mol. The summed E-state index contributed by atoms with van der Waals surface area (Å²) in [7, 11) is 0. The topological polar surface area (TPSA) is 46.3 Å². The van der Waals surface area contributed by atoms with Gasteiger partial charge in [-0.2, -0.15) is 0 Å². The van der Waals surface area contributed by atoms with E-state index in [-0.39, 0.29) is 11.5 Å². The average molecular weight is 238 g/mol. The lowest BCUT2D eigenvalue weighted by Crippen LogP contribution is -2.69. The zero-order valence-corrected chi connectivity index (χ0v) is 11.1. The molecule has 2 rings (SSSR count). The second-order valence-corrected chi connectivity index (χ2v) is 5.95. The van der Waals surface area contributed by atoms with Gasteiger partial charge in [0.05, 0.1) is 5.54 Å². The molecule has 3 nitrogen and oxygen atoms in total. The van der Waals surface area contributed by atoms with Crippen LogP contribution in [-0.4, -0.2) is 29.4 Å². The SMILES string of the molecule is CCC1(N)CN(C(=O)C2CCCCCCC2)C1. The van der Waals surface area contributed by atoms with Gasteiger partial charge in [0, 0.05) is 19.0 Å². The number of carbonyl (C=O) groups excluding carboxylic acids is 1. The Bertz CT molecular complexity index is 263. The molecule has 0 aromatic carbocycles. The predicted molar refractivity (Wildman–Crippen MR) is 69.6 cm³/mol. The largest absolute Gasteiger partial charge is 0.339 e. The minimum atomic E-state index is -0.0860. The van der Waals surface area contributed by atoms with Crippen LogP contribution < -0.4 is 5.73 Å². The number of rotatable bonds is 2. The van der Waals surface area contributed by atoms with Gasteiger partial charge >= 0.3 is 0 Å². The van der Waals surface area contributed by atoms with E-state index in [0.717, 1.165) is 32.4 Å². The van der Waals surface area contributed by atoms with E-state index in [2.05, 4.69) is 6.92 Å². The molecule has 0 radical (unpaired) electrons. The van der Waals surface area contributed by atoms with Gasteiger partial charge in [0.2, 0.25) is 5.91 Å². The van der Waals surface area contributed by atoms with Crippen molar-refractivity contribution in [1.82, 2.24) is 4.90 Å². The maximum Gasteiger partial charge on any atom is 0.225 e. The maximum atomic E-state index is 12.3. The van der Waals surface area contributed by atoms with Gasteiger partial charge in [-0.1, -0.05) is 39.0 Å². The van der Waals surface area contributed by atoms with E-state index in [9.17, 15) is 4.79 Å². The molecule has 0 unspecified atom stereocenters. The van der Waals surface area contributed by atoms with E-state index in [0.29, 0.717) is 5.91 Å². The second-order valence-electron chi connectivity index (χ2n) is 5.95. The van der Waals surface area contributed by atoms with Crippen molar-refractivity contribution < 1.29 is 4.79 Å². The molecule has 2 aliphatic rings. The maximum absolute atomic E-state index is 12.3. The highest BCUT2D eigenvalue weighted by molar-refractivity contribution is 5.80. The zero-order valence-electron chi connectivity index (χ0n) is 11.1. The monoisotopic (exact) mass is 238 g/mol. The molecule has 98 valence electrons. The van der Waals surface area contributed by atoms with Crippen molar-refractivity contribution in [2.75, 3.05) is 13.1 Å². The molecule has 1 saturated heterocycles. The first kappa shape index (κ1) is 12.9. The van der Waals surface area contributed by atoms with Crippen LogP contribution in [0.2, 0.25) is 0 Å². The quantitative estimate of drug-likeness (QED) is 0.802. The summed E-state index contributed by atoms with van der Waals surface area (Å²) in [6.07, 6.45) is 9.59. The molecule has 2 N–H and O–H groups in total. The summed E-state index contributed by atoms with van der Waals surface area (Å²) in [4.78, 5) is 14.3. The van der Waals surface area contributed by atoms with Crippen LogP contribution in [0.5, 0.6) is 0 Å².